The molecule has 0 bridgehead atoms. The minimum absolute atomic E-state index is 0.0401. The van der Waals surface area contributed by atoms with Crippen LogP contribution in [0.4, 0.5) is 5.69 Å². The van der Waals surface area contributed by atoms with Gasteiger partial charge in [0.15, 0.2) is 0 Å². The van der Waals surface area contributed by atoms with Crippen LogP contribution in [0.1, 0.15) is 25.0 Å². The van der Waals surface area contributed by atoms with Crippen molar-refractivity contribution in [3.63, 3.8) is 0 Å². The van der Waals surface area contributed by atoms with E-state index in [1.165, 1.54) is 0 Å². The van der Waals surface area contributed by atoms with Gasteiger partial charge in [-0.2, -0.15) is 5.26 Å². The number of benzene rings is 1. The van der Waals surface area contributed by atoms with Crippen LogP contribution in [0.5, 0.6) is 0 Å². The molecule has 1 aromatic rings. The Kier molecular flexibility index (Phi) is 4.74. The summed E-state index contributed by atoms with van der Waals surface area (Å²) in [6, 6.07) is 7.64. The Labute approximate surface area is 103 Å². The first-order valence-corrected chi connectivity index (χ1v) is 5.65. The maximum absolute atomic E-state index is 9.14. The number of anilines is 1. The topological polar surface area (TPSA) is 47.3 Å². The van der Waals surface area contributed by atoms with Crippen LogP contribution in [0.3, 0.4) is 0 Å². The van der Waals surface area contributed by atoms with Crippen molar-refractivity contribution in [3.8, 4) is 6.07 Å². The van der Waals surface area contributed by atoms with Gasteiger partial charge >= 0.3 is 0 Å². The van der Waals surface area contributed by atoms with Gasteiger partial charge in [-0.25, -0.2) is 0 Å². The van der Waals surface area contributed by atoms with E-state index in [2.05, 4.69) is 17.5 Å². The van der Waals surface area contributed by atoms with E-state index in [-0.39, 0.29) is 6.61 Å². The number of aliphatic hydroxyl groups excluding tert-OH is 1. The summed E-state index contributed by atoms with van der Waals surface area (Å²) in [6.07, 6.45) is 0. The quantitative estimate of drug-likeness (QED) is 0.790. The summed E-state index contributed by atoms with van der Waals surface area (Å²) in [7, 11) is 0. The summed E-state index contributed by atoms with van der Waals surface area (Å²) < 4.78 is 0. The van der Waals surface area contributed by atoms with Crippen LogP contribution in [0.25, 0.3) is 0 Å². The molecule has 1 rings (SSSR count). The van der Waals surface area contributed by atoms with Gasteiger partial charge < -0.3 is 10.0 Å². The second-order valence-electron chi connectivity index (χ2n) is 4.09. The van der Waals surface area contributed by atoms with Crippen LogP contribution in [0.15, 0.2) is 30.4 Å². The second kappa shape index (κ2) is 6.07. The molecule has 0 aliphatic rings. The summed E-state index contributed by atoms with van der Waals surface area (Å²) in [5.74, 6) is 0. The molecule has 0 radical (unpaired) electrons. The van der Waals surface area contributed by atoms with E-state index in [9.17, 15) is 0 Å². The molecule has 0 unspecified atom stereocenters. The SMILES string of the molecule is C=C(C)CN(CC)c1ccc(CO)cc1C#N. The molecule has 0 saturated heterocycles. The van der Waals surface area contributed by atoms with Gasteiger partial charge in [0, 0.05) is 13.1 Å². The largest absolute Gasteiger partial charge is 0.392 e. The third-order valence-corrected chi connectivity index (χ3v) is 2.55. The number of rotatable bonds is 5. The van der Waals surface area contributed by atoms with Gasteiger partial charge in [-0.05, 0) is 31.5 Å². The third-order valence-electron chi connectivity index (χ3n) is 2.55. The highest BCUT2D eigenvalue weighted by molar-refractivity contribution is 5.61. The molecule has 17 heavy (non-hydrogen) atoms. The van der Waals surface area contributed by atoms with Gasteiger partial charge in [-0.1, -0.05) is 18.2 Å². The number of hydrogen-bond donors (Lipinski definition) is 1. The molecule has 3 heteroatoms. The van der Waals surface area contributed by atoms with Crippen molar-refractivity contribution >= 4 is 5.69 Å². The highest BCUT2D eigenvalue weighted by Gasteiger charge is 2.10. The van der Waals surface area contributed by atoms with E-state index in [0.717, 1.165) is 29.9 Å². The van der Waals surface area contributed by atoms with E-state index < -0.39 is 0 Å². The van der Waals surface area contributed by atoms with Crippen molar-refractivity contribution < 1.29 is 5.11 Å². The first-order chi connectivity index (χ1) is 8.12. The minimum atomic E-state index is -0.0401. The molecule has 0 saturated carbocycles. The van der Waals surface area contributed by atoms with Crippen LogP contribution in [0.2, 0.25) is 0 Å². The first kappa shape index (κ1) is 13.3. The maximum Gasteiger partial charge on any atom is 0.101 e. The first-order valence-electron chi connectivity index (χ1n) is 5.65. The molecule has 1 aromatic carbocycles. The average molecular weight is 230 g/mol. The zero-order valence-corrected chi connectivity index (χ0v) is 10.4. The van der Waals surface area contributed by atoms with E-state index in [4.69, 9.17) is 10.4 Å². The molecular weight excluding hydrogens is 212 g/mol. The van der Waals surface area contributed by atoms with Crippen molar-refractivity contribution in [1.82, 2.24) is 0 Å². The fraction of sp³-hybridized carbons (Fsp3) is 0.357. The van der Waals surface area contributed by atoms with Crippen molar-refractivity contribution in [3.05, 3.63) is 41.5 Å². The monoisotopic (exact) mass is 230 g/mol. The van der Waals surface area contributed by atoms with Crippen molar-refractivity contribution in [2.75, 3.05) is 18.0 Å². The Morgan fingerprint density at radius 3 is 2.71 bits per heavy atom. The average Bonchev–Trinajstić information content (AvgIpc) is 2.35. The van der Waals surface area contributed by atoms with Crippen LogP contribution < -0.4 is 4.90 Å². The van der Waals surface area contributed by atoms with Gasteiger partial charge in [0.05, 0.1) is 17.9 Å². The second-order valence-corrected chi connectivity index (χ2v) is 4.09. The lowest BCUT2D eigenvalue weighted by molar-refractivity contribution is 0.282. The lowest BCUT2D eigenvalue weighted by Gasteiger charge is -2.24. The van der Waals surface area contributed by atoms with Gasteiger partial charge in [0.25, 0.3) is 0 Å². The van der Waals surface area contributed by atoms with E-state index >= 15 is 0 Å². The highest BCUT2D eigenvalue weighted by Crippen LogP contribution is 2.22. The molecule has 0 aliphatic heterocycles. The normalized spacial score (nSPS) is 9.76. The Hall–Kier alpha value is -1.79. The summed E-state index contributed by atoms with van der Waals surface area (Å²) in [5, 5.41) is 18.2. The number of nitrogens with zero attached hydrogens (tertiary/aromatic N) is 2. The molecular formula is C14H18N2O. The molecule has 3 nitrogen and oxygen atoms in total. The van der Waals surface area contributed by atoms with Gasteiger partial charge in [0.1, 0.15) is 6.07 Å². The Morgan fingerprint density at radius 1 is 1.53 bits per heavy atom. The van der Waals surface area contributed by atoms with Crippen molar-refractivity contribution in [2.45, 2.75) is 20.5 Å². The van der Waals surface area contributed by atoms with Gasteiger partial charge in [-0.15, -0.1) is 0 Å². The Morgan fingerprint density at radius 2 is 2.24 bits per heavy atom. The van der Waals surface area contributed by atoms with Crippen molar-refractivity contribution in [1.29, 1.82) is 5.26 Å². The number of nitriles is 1. The van der Waals surface area contributed by atoms with Gasteiger partial charge in [-0.3, -0.25) is 0 Å². The van der Waals surface area contributed by atoms with Crippen molar-refractivity contribution in [2.24, 2.45) is 0 Å². The summed E-state index contributed by atoms with van der Waals surface area (Å²) in [6.45, 7) is 9.43. The molecule has 0 aromatic heterocycles. The molecule has 0 spiro atoms. The van der Waals surface area contributed by atoms with Crippen LogP contribution >= 0.6 is 0 Å². The fourth-order valence-electron chi connectivity index (χ4n) is 1.74. The maximum atomic E-state index is 9.14. The summed E-state index contributed by atoms with van der Waals surface area (Å²) >= 11 is 0. The van der Waals surface area contributed by atoms with Gasteiger partial charge in [0.2, 0.25) is 0 Å². The molecule has 0 atom stereocenters. The predicted octanol–water partition coefficient (Wildman–Crippen LogP) is 2.45. The molecule has 0 aliphatic carbocycles. The number of aliphatic hydroxyl groups is 1. The molecule has 0 fully saturated rings. The molecule has 0 amide bonds. The summed E-state index contributed by atoms with van der Waals surface area (Å²) in [4.78, 5) is 2.10. The smallest absolute Gasteiger partial charge is 0.101 e. The van der Waals surface area contributed by atoms with Crippen LogP contribution in [0, 0.1) is 11.3 Å². The highest BCUT2D eigenvalue weighted by atomic mass is 16.3. The third kappa shape index (κ3) is 3.33. The lowest BCUT2D eigenvalue weighted by Crippen LogP contribution is -2.25. The Bertz CT molecular complexity index is 446. The zero-order valence-electron chi connectivity index (χ0n) is 10.4. The van der Waals surface area contributed by atoms with E-state index in [1.54, 1.807) is 6.07 Å². The fourth-order valence-corrected chi connectivity index (χ4v) is 1.74. The van der Waals surface area contributed by atoms with Crippen LogP contribution in [-0.4, -0.2) is 18.2 Å². The molecule has 90 valence electrons. The molecule has 1 N–H and O–H groups in total. The lowest BCUT2D eigenvalue weighted by atomic mass is 10.1. The summed E-state index contributed by atoms with van der Waals surface area (Å²) in [5.41, 5.74) is 3.31. The van der Waals surface area contributed by atoms with Crippen LogP contribution in [-0.2, 0) is 6.61 Å². The zero-order chi connectivity index (χ0) is 12.8. The predicted molar refractivity (Wildman–Crippen MR) is 69.8 cm³/mol. The minimum Gasteiger partial charge on any atom is -0.392 e. The van der Waals surface area contributed by atoms with E-state index in [0.29, 0.717) is 5.56 Å². The number of hydrogen-bond acceptors (Lipinski definition) is 3. The Balaban J connectivity index is 3.11. The van der Waals surface area contributed by atoms with E-state index in [1.807, 2.05) is 26.0 Å². The number of likely N-dealkylation sites (N-methyl/N-ethyl adjacent to an activating group) is 1. The standard InChI is InChI=1S/C14H18N2O/c1-4-16(9-11(2)3)14-6-5-12(10-17)7-13(14)8-15/h5-7,17H,2,4,9-10H2,1,3H3. The molecule has 0 heterocycles.